The van der Waals surface area contributed by atoms with Gasteiger partial charge in [0.25, 0.3) is 5.91 Å². The molecule has 0 bridgehead atoms. The van der Waals surface area contributed by atoms with E-state index in [-0.39, 0.29) is 12.5 Å². The molecule has 8 heteroatoms. The molecule has 1 saturated heterocycles. The van der Waals surface area contributed by atoms with Crippen molar-refractivity contribution in [1.82, 2.24) is 9.47 Å². The van der Waals surface area contributed by atoms with E-state index in [1.165, 1.54) is 9.78 Å². The van der Waals surface area contributed by atoms with Crippen molar-refractivity contribution >= 4 is 29.1 Å². The second-order valence-corrected chi connectivity index (χ2v) is 8.64. The van der Waals surface area contributed by atoms with E-state index in [9.17, 15) is 14.4 Å². The first-order valence-electron chi connectivity index (χ1n) is 10.1. The lowest BCUT2D eigenvalue weighted by molar-refractivity contribution is -0.143. The van der Waals surface area contributed by atoms with E-state index in [0.717, 1.165) is 49.1 Å². The Bertz CT molecular complexity index is 919. The zero-order chi connectivity index (χ0) is 20.4. The zero-order valence-corrected chi connectivity index (χ0v) is 17.1. The summed E-state index contributed by atoms with van der Waals surface area (Å²) < 4.78 is 7.37. The number of primary amides is 1. The van der Waals surface area contributed by atoms with Gasteiger partial charge < -0.3 is 19.9 Å². The highest BCUT2D eigenvalue weighted by molar-refractivity contribution is 7.15. The molecule has 0 radical (unpaired) electrons. The molecule has 1 atom stereocenters. The predicted molar refractivity (Wildman–Crippen MR) is 109 cm³/mol. The van der Waals surface area contributed by atoms with Gasteiger partial charge in [0, 0.05) is 23.8 Å². The normalized spacial score (nSPS) is 18.9. The maximum atomic E-state index is 13.0. The summed E-state index contributed by atoms with van der Waals surface area (Å²) in [5.41, 5.74) is 7.06. The number of nitrogens with zero attached hydrogens (tertiary/aromatic N) is 2. The van der Waals surface area contributed by atoms with Gasteiger partial charge in [0.2, 0.25) is 5.91 Å². The fourth-order valence-electron chi connectivity index (χ4n) is 4.22. The highest BCUT2D eigenvalue weighted by Gasteiger charge is 2.32. The number of nitrogens with two attached hydrogens (primary N) is 1. The Hall–Kier alpha value is -2.61. The number of aromatic nitrogens is 1. The van der Waals surface area contributed by atoms with Gasteiger partial charge in [-0.3, -0.25) is 9.59 Å². The number of thiophene rings is 1. The first-order chi connectivity index (χ1) is 14.1. The fourth-order valence-corrected chi connectivity index (χ4v) is 5.56. The molecule has 0 saturated carbocycles. The summed E-state index contributed by atoms with van der Waals surface area (Å²) in [6.07, 6.45) is 10.0. The Balaban J connectivity index is 1.52. The standard InChI is InChI=1S/C21H25N3O4S/c22-19(26)15-8-3-4-12-24(15)17(25)13-28-21(27)18-14-7-1-2-9-16(14)29-20(18)23-10-5-6-11-23/h5-6,10-11,15H,1-4,7-9,12-13H2,(H2,22,26)/t15-/m0/s1. The van der Waals surface area contributed by atoms with E-state index < -0.39 is 17.9 Å². The van der Waals surface area contributed by atoms with Crippen molar-refractivity contribution in [3.8, 4) is 5.00 Å². The van der Waals surface area contributed by atoms with E-state index in [2.05, 4.69) is 0 Å². The summed E-state index contributed by atoms with van der Waals surface area (Å²) in [6, 6.07) is 3.22. The van der Waals surface area contributed by atoms with Crippen LogP contribution in [0.1, 0.15) is 52.9 Å². The van der Waals surface area contributed by atoms with Crippen LogP contribution < -0.4 is 5.73 Å². The smallest absolute Gasteiger partial charge is 0.341 e. The Labute approximate surface area is 173 Å². The molecular weight excluding hydrogens is 390 g/mol. The van der Waals surface area contributed by atoms with Crippen molar-refractivity contribution in [2.45, 2.75) is 51.0 Å². The van der Waals surface area contributed by atoms with Crippen LogP contribution in [0.4, 0.5) is 0 Å². The van der Waals surface area contributed by atoms with Crippen LogP contribution >= 0.6 is 11.3 Å². The number of amides is 2. The molecule has 7 nitrogen and oxygen atoms in total. The average molecular weight is 416 g/mol. The van der Waals surface area contributed by atoms with Crippen molar-refractivity contribution < 1.29 is 19.1 Å². The molecule has 1 fully saturated rings. The molecule has 4 rings (SSSR count). The lowest BCUT2D eigenvalue weighted by atomic mass is 9.95. The van der Waals surface area contributed by atoms with Crippen LogP contribution in [-0.2, 0) is 27.2 Å². The molecule has 2 aromatic rings. The highest BCUT2D eigenvalue weighted by atomic mass is 32.1. The third kappa shape index (κ3) is 3.94. The maximum Gasteiger partial charge on any atom is 0.341 e. The molecule has 29 heavy (non-hydrogen) atoms. The summed E-state index contributed by atoms with van der Waals surface area (Å²) in [7, 11) is 0. The molecule has 2 aromatic heterocycles. The molecule has 2 aliphatic rings. The first kappa shape index (κ1) is 19.7. The Kier molecular flexibility index (Phi) is 5.71. The molecule has 1 aliphatic heterocycles. The minimum Gasteiger partial charge on any atom is -0.452 e. The minimum absolute atomic E-state index is 0.367. The van der Waals surface area contributed by atoms with Crippen LogP contribution in [0.2, 0.25) is 0 Å². The number of esters is 1. The van der Waals surface area contributed by atoms with Gasteiger partial charge in [-0.15, -0.1) is 11.3 Å². The van der Waals surface area contributed by atoms with Gasteiger partial charge >= 0.3 is 5.97 Å². The topological polar surface area (TPSA) is 94.6 Å². The monoisotopic (exact) mass is 415 g/mol. The number of carbonyl (C=O) groups is 3. The third-order valence-electron chi connectivity index (χ3n) is 5.67. The second kappa shape index (κ2) is 8.41. The number of piperidine rings is 1. The van der Waals surface area contributed by atoms with Crippen molar-refractivity contribution in [2.75, 3.05) is 13.2 Å². The van der Waals surface area contributed by atoms with Crippen molar-refractivity contribution in [3.05, 3.63) is 40.5 Å². The number of fused-ring (bicyclic) bond motifs is 1. The third-order valence-corrected chi connectivity index (χ3v) is 6.98. The number of hydrogen-bond acceptors (Lipinski definition) is 5. The Morgan fingerprint density at radius 2 is 1.86 bits per heavy atom. The van der Waals surface area contributed by atoms with E-state index >= 15 is 0 Å². The predicted octanol–water partition coefficient (Wildman–Crippen LogP) is 2.44. The van der Waals surface area contributed by atoms with Gasteiger partial charge in [0.1, 0.15) is 11.0 Å². The summed E-state index contributed by atoms with van der Waals surface area (Å²) in [6.45, 7) is 0.0881. The number of hydrogen-bond donors (Lipinski definition) is 1. The number of likely N-dealkylation sites (tertiary alicyclic amines) is 1. The zero-order valence-electron chi connectivity index (χ0n) is 16.3. The van der Waals surface area contributed by atoms with Gasteiger partial charge in [-0.05, 0) is 62.6 Å². The molecule has 2 N–H and O–H groups in total. The molecular formula is C21H25N3O4S. The van der Waals surface area contributed by atoms with E-state index in [4.69, 9.17) is 10.5 Å². The van der Waals surface area contributed by atoms with E-state index in [1.807, 2.05) is 29.1 Å². The SMILES string of the molecule is NC(=O)[C@@H]1CCCCN1C(=O)COC(=O)c1c(-n2cccc2)sc2c1CCCC2. The van der Waals surface area contributed by atoms with E-state index in [1.54, 1.807) is 11.3 Å². The van der Waals surface area contributed by atoms with Crippen molar-refractivity contribution in [3.63, 3.8) is 0 Å². The number of rotatable bonds is 5. The van der Waals surface area contributed by atoms with Crippen molar-refractivity contribution in [2.24, 2.45) is 5.73 Å². The van der Waals surface area contributed by atoms with Gasteiger partial charge in [-0.25, -0.2) is 4.79 Å². The van der Waals surface area contributed by atoms with Gasteiger partial charge in [-0.2, -0.15) is 0 Å². The largest absolute Gasteiger partial charge is 0.452 e. The molecule has 0 unspecified atom stereocenters. The van der Waals surface area contributed by atoms with Gasteiger partial charge in [0.15, 0.2) is 6.61 Å². The van der Waals surface area contributed by atoms with Crippen LogP contribution in [0.5, 0.6) is 0 Å². The highest BCUT2D eigenvalue weighted by Crippen LogP contribution is 2.37. The fraction of sp³-hybridized carbons (Fsp3) is 0.476. The molecule has 0 spiro atoms. The molecule has 2 amide bonds. The molecule has 3 heterocycles. The van der Waals surface area contributed by atoms with Crippen LogP contribution in [0.3, 0.4) is 0 Å². The Morgan fingerprint density at radius 1 is 1.10 bits per heavy atom. The first-order valence-corrected chi connectivity index (χ1v) is 10.9. The summed E-state index contributed by atoms with van der Waals surface area (Å²) in [5, 5.41) is 0.840. The molecule has 0 aromatic carbocycles. The summed E-state index contributed by atoms with van der Waals surface area (Å²) >= 11 is 1.62. The van der Waals surface area contributed by atoms with Crippen LogP contribution in [-0.4, -0.2) is 46.4 Å². The van der Waals surface area contributed by atoms with Gasteiger partial charge in [-0.1, -0.05) is 0 Å². The van der Waals surface area contributed by atoms with Crippen LogP contribution in [0.15, 0.2) is 24.5 Å². The lowest BCUT2D eigenvalue weighted by Crippen LogP contribution is -2.51. The molecule has 154 valence electrons. The summed E-state index contributed by atoms with van der Waals surface area (Å²) in [4.78, 5) is 40.0. The maximum absolute atomic E-state index is 13.0. The number of carbonyl (C=O) groups excluding carboxylic acids is 3. The molecule has 1 aliphatic carbocycles. The van der Waals surface area contributed by atoms with Crippen LogP contribution in [0.25, 0.3) is 5.00 Å². The second-order valence-electron chi connectivity index (χ2n) is 7.56. The number of aryl methyl sites for hydroxylation is 1. The Morgan fingerprint density at radius 3 is 2.62 bits per heavy atom. The average Bonchev–Trinajstić information content (AvgIpc) is 3.39. The van der Waals surface area contributed by atoms with Gasteiger partial charge in [0.05, 0.1) is 5.56 Å². The number of ether oxygens (including phenoxy) is 1. The van der Waals surface area contributed by atoms with E-state index in [0.29, 0.717) is 18.5 Å². The quantitative estimate of drug-likeness (QED) is 0.759. The minimum atomic E-state index is -0.612. The summed E-state index contributed by atoms with van der Waals surface area (Å²) in [5.74, 6) is -1.35. The van der Waals surface area contributed by atoms with Crippen molar-refractivity contribution in [1.29, 1.82) is 0 Å². The van der Waals surface area contributed by atoms with Crippen LogP contribution in [0, 0.1) is 0 Å². The lowest BCUT2D eigenvalue weighted by Gasteiger charge is -2.33.